The molecule has 0 aliphatic carbocycles. The zero-order valence-electron chi connectivity index (χ0n) is 30.4. The highest BCUT2D eigenvalue weighted by atomic mass is 16.7. The molecule has 0 spiro atoms. The summed E-state index contributed by atoms with van der Waals surface area (Å²) in [4.78, 5) is 18.6. The first kappa shape index (κ1) is 36.2. The maximum absolute atomic E-state index is 13.8. The lowest BCUT2D eigenvalue weighted by molar-refractivity contribution is -0.112. The predicted octanol–water partition coefficient (Wildman–Crippen LogP) is 8.56. The van der Waals surface area contributed by atoms with E-state index in [9.17, 15) is 4.79 Å². The molecule has 1 fully saturated rings. The molecule has 6 rings (SSSR count). The molecule has 0 aromatic heterocycles. The number of hydrogen-bond acceptors (Lipinski definition) is 7. The molecular formula is C43H51N3O5. The summed E-state index contributed by atoms with van der Waals surface area (Å²) in [5.41, 5.74) is 8.14. The molecule has 1 amide bonds. The molecule has 51 heavy (non-hydrogen) atoms. The number of nitrogens with one attached hydrogen (secondary N) is 1. The molecule has 1 saturated heterocycles. The van der Waals surface area contributed by atoms with E-state index in [4.69, 9.17) is 18.9 Å². The number of methoxy groups -OCH3 is 1. The van der Waals surface area contributed by atoms with E-state index in [0.717, 1.165) is 89.7 Å². The van der Waals surface area contributed by atoms with Crippen molar-refractivity contribution in [2.45, 2.75) is 65.0 Å². The fraction of sp³-hybridized carbons (Fsp3) is 0.372. The van der Waals surface area contributed by atoms with E-state index < -0.39 is 0 Å². The molecule has 4 aromatic carbocycles. The van der Waals surface area contributed by atoms with Gasteiger partial charge < -0.3 is 29.2 Å². The van der Waals surface area contributed by atoms with Gasteiger partial charge in [-0.2, -0.15) is 0 Å². The predicted molar refractivity (Wildman–Crippen MR) is 205 cm³/mol. The smallest absolute Gasteiger partial charge is 0.251 e. The lowest BCUT2D eigenvalue weighted by atomic mass is 10.00. The van der Waals surface area contributed by atoms with Crippen LogP contribution in [-0.2, 0) is 27.4 Å². The Morgan fingerprint density at radius 2 is 1.71 bits per heavy atom. The van der Waals surface area contributed by atoms with Gasteiger partial charge in [0.15, 0.2) is 6.29 Å². The van der Waals surface area contributed by atoms with Gasteiger partial charge in [0.05, 0.1) is 13.7 Å². The topological polar surface area (TPSA) is 72.5 Å². The van der Waals surface area contributed by atoms with E-state index in [2.05, 4.69) is 89.8 Å². The molecule has 1 atom stereocenters. The summed E-state index contributed by atoms with van der Waals surface area (Å²) < 4.78 is 22.7. The molecule has 8 nitrogen and oxygen atoms in total. The average Bonchev–Trinajstić information content (AvgIpc) is 3.34. The minimum atomic E-state index is -0.310. The highest BCUT2D eigenvalue weighted by molar-refractivity contribution is 6.07. The van der Waals surface area contributed by atoms with Gasteiger partial charge in [-0.25, -0.2) is 0 Å². The highest BCUT2D eigenvalue weighted by Gasteiger charge is 2.22. The fourth-order valence-corrected chi connectivity index (χ4v) is 6.79. The van der Waals surface area contributed by atoms with Crippen LogP contribution < -0.4 is 19.7 Å². The van der Waals surface area contributed by atoms with Crippen LogP contribution in [0, 0.1) is 0 Å². The van der Waals surface area contributed by atoms with E-state index in [1.54, 1.807) is 7.11 Å². The third-order valence-electron chi connectivity index (χ3n) is 9.65. The second-order valence-corrected chi connectivity index (χ2v) is 13.5. The Labute approximate surface area is 303 Å². The number of ether oxygens (including phenoxy) is 4. The number of amides is 1. The van der Waals surface area contributed by atoms with Crippen LogP contribution in [0.4, 0.5) is 11.4 Å². The Morgan fingerprint density at radius 1 is 0.941 bits per heavy atom. The third kappa shape index (κ3) is 9.79. The number of anilines is 2. The summed E-state index contributed by atoms with van der Waals surface area (Å²) in [7, 11) is 3.87. The van der Waals surface area contributed by atoms with Crippen molar-refractivity contribution in [2.24, 2.45) is 0 Å². The first-order valence-corrected chi connectivity index (χ1v) is 18.2. The largest absolute Gasteiger partial charge is 0.497 e. The van der Waals surface area contributed by atoms with Gasteiger partial charge >= 0.3 is 0 Å². The average molecular weight is 690 g/mol. The number of nitrogens with zero attached hydrogens (tertiary/aromatic N) is 2. The number of carbonyl (C=O) groups is 1. The molecule has 1 N–H and O–H groups in total. The maximum atomic E-state index is 13.8. The SMILES string of the molecule is CCCOC(C)Oc1ccc(-c2ccc3c(c2)C=C(C(=O)Nc2ccc(CN(C)C4CCOCC4)cc2)CCN3Cc2cccc(OC)c2)cc1. The monoisotopic (exact) mass is 689 g/mol. The normalized spacial score (nSPS) is 15.5. The molecular weight excluding hydrogens is 638 g/mol. The third-order valence-corrected chi connectivity index (χ3v) is 9.65. The lowest BCUT2D eigenvalue weighted by Crippen LogP contribution is -2.36. The molecule has 2 heterocycles. The Morgan fingerprint density at radius 3 is 2.45 bits per heavy atom. The Hall–Kier alpha value is -4.63. The second-order valence-electron chi connectivity index (χ2n) is 13.5. The highest BCUT2D eigenvalue weighted by Crippen LogP contribution is 2.34. The summed E-state index contributed by atoms with van der Waals surface area (Å²) in [6, 6.07) is 31.5. The van der Waals surface area contributed by atoms with Gasteiger partial charge in [0, 0.05) is 55.8 Å². The van der Waals surface area contributed by atoms with Crippen molar-refractivity contribution in [1.29, 1.82) is 0 Å². The summed E-state index contributed by atoms with van der Waals surface area (Å²) in [5, 5.41) is 3.18. The summed E-state index contributed by atoms with van der Waals surface area (Å²) in [6.07, 6.45) is 5.44. The maximum Gasteiger partial charge on any atom is 0.251 e. The molecule has 8 heteroatoms. The van der Waals surface area contributed by atoms with Gasteiger partial charge in [-0.3, -0.25) is 9.69 Å². The Balaban J connectivity index is 1.21. The fourth-order valence-electron chi connectivity index (χ4n) is 6.79. The molecule has 0 bridgehead atoms. The van der Waals surface area contributed by atoms with Crippen molar-refractivity contribution in [2.75, 3.05) is 50.7 Å². The first-order chi connectivity index (χ1) is 24.9. The molecule has 2 aliphatic rings. The number of carbonyl (C=O) groups excluding carboxylic acids is 1. The number of rotatable bonds is 14. The second kappa shape index (κ2) is 17.5. The van der Waals surface area contributed by atoms with E-state index in [-0.39, 0.29) is 12.2 Å². The molecule has 0 saturated carbocycles. The van der Waals surface area contributed by atoms with Crippen molar-refractivity contribution in [3.05, 3.63) is 113 Å². The van der Waals surface area contributed by atoms with E-state index in [1.165, 1.54) is 5.56 Å². The number of fused-ring (bicyclic) bond motifs is 1. The first-order valence-electron chi connectivity index (χ1n) is 18.2. The van der Waals surface area contributed by atoms with Crippen LogP contribution in [0.25, 0.3) is 17.2 Å². The van der Waals surface area contributed by atoms with Crippen LogP contribution in [0.5, 0.6) is 11.5 Å². The zero-order chi connectivity index (χ0) is 35.6. The van der Waals surface area contributed by atoms with Gasteiger partial charge in [0.1, 0.15) is 11.5 Å². The standard InChI is InChI=1S/C43H51N3O5/c1-5-23-50-31(2)51-40-16-11-34(12-17-40)35-13-18-42-37(27-35)28-36(19-22-46(42)30-33-7-6-8-41(26-33)48-4)43(47)44-38-14-9-32(10-15-38)29-45(3)39-20-24-49-25-21-39/h6-18,26-28,31,39H,5,19-25,29-30H2,1-4H3,(H,44,47). The molecule has 2 aliphatic heterocycles. The summed E-state index contributed by atoms with van der Waals surface area (Å²) >= 11 is 0. The molecule has 1 unspecified atom stereocenters. The van der Waals surface area contributed by atoms with Gasteiger partial charge in [0.25, 0.3) is 5.91 Å². The molecule has 268 valence electrons. The van der Waals surface area contributed by atoms with Gasteiger partial charge in [0.2, 0.25) is 0 Å². The van der Waals surface area contributed by atoms with Crippen molar-refractivity contribution < 1.29 is 23.7 Å². The number of hydrogen-bond donors (Lipinski definition) is 1. The van der Waals surface area contributed by atoms with Crippen molar-refractivity contribution in [1.82, 2.24) is 4.90 Å². The van der Waals surface area contributed by atoms with Gasteiger partial charge in [-0.1, -0.05) is 49.4 Å². The van der Waals surface area contributed by atoms with E-state index in [0.29, 0.717) is 32.2 Å². The van der Waals surface area contributed by atoms with E-state index >= 15 is 0 Å². The number of benzene rings is 4. The summed E-state index contributed by atoms with van der Waals surface area (Å²) in [5.74, 6) is 1.51. The van der Waals surface area contributed by atoms with Crippen LogP contribution in [0.15, 0.2) is 96.6 Å². The van der Waals surface area contributed by atoms with Crippen LogP contribution >= 0.6 is 0 Å². The van der Waals surface area contributed by atoms with Crippen LogP contribution in [-0.4, -0.2) is 63.7 Å². The Bertz CT molecular complexity index is 1770. The minimum Gasteiger partial charge on any atom is -0.497 e. The Kier molecular flexibility index (Phi) is 12.4. The van der Waals surface area contributed by atoms with Crippen molar-refractivity contribution >= 4 is 23.4 Å². The zero-order valence-corrected chi connectivity index (χ0v) is 30.4. The van der Waals surface area contributed by atoms with Gasteiger partial charge in [-0.05, 0) is 122 Å². The lowest BCUT2D eigenvalue weighted by Gasteiger charge is -2.31. The van der Waals surface area contributed by atoms with Gasteiger partial charge in [-0.15, -0.1) is 0 Å². The minimum absolute atomic E-state index is 0.0810. The van der Waals surface area contributed by atoms with Crippen LogP contribution in [0.3, 0.4) is 0 Å². The van der Waals surface area contributed by atoms with Crippen molar-refractivity contribution in [3.63, 3.8) is 0 Å². The van der Waals surface area contributed by atoms with Crippen LogP contribution in [0.1, 0.15) is 56.2 Å². The summed E-state index contributed by atoms with van der Waals surface area (Å²) in [6.45, 7) is 8.58. The molecule has 0 radical (unpaired) electrons. The quantitative estimate of drug-likeness (QED) is 0.133. The molecule has 4 aromatic rings. The van der Waals surface area contributed by atoms with E-state index in [1.807, 2.05) is 43.3 Å². The van der Waals surface area contributed by atoms with Crippen molar-refractivity contribution in [3.8, 4) is 22.6 Å². The van der Waals surface area contributed by atoms with Crippen LogP contribution in [0.2, 0.25) is 0 Å².